The molecule has 2 heterocycles. The highest BCUT2D eigenvalue weighted by Crippen LogP contribution is 2.29. The largest absolute Gasteiger partial charge is 0.465 e. The molecule has 1 atom stereocenters. The average Bonchev–Trinajstić information content (AvgIpc) is 2.66. The van der Waals surface area contributed by atoms with Gasteiger partial charge in [-0.25, -0.2) is 14.8 Å². The van der Waals surface area contributed by atoms with Crippen LogP contribution < -0.4 is 11.2 Å². The highest BCUT2D eigenvalue weighted by Gasteiger charge is 2.24. The van der Waals surface area contributed by atoms with E-state index in [1.807, 2.05) is 6.92 Å². The molecule has 2 aromatic rings. The van der Waals surface area contributed by atoms with Crippen LogP contribution >= 0.6 is 11.8 Å². The number of unbranched alkanes of at least 4 members (excludes halogenated alkanes) is 1. The van der Waals surface area contributed by atoms with Crippen LogP contribution in [-0.2, 0) is 30.0 Å². The van der Waals surface area contributed by atoms with Gasteiger partial charge in [0.1, 0.15) is 21.5 Å². The van der Waals surface area contributed by atoms with Crippen molar-refractivity contribution in [1.29, 1.82) is 0 Å². The number of carbonyl (C=O) groups excluding carboxylic acids is 1. The molecule has 0 bridgehead atoms. The second-order valence-electron chi connectivity index (χ2n) is 6.22. The number of hydrogen-bond acceptors (Lipinski definition) is 7. The number of aromatic nitrogens is 4. The Hall–Kier alpha value is -2.16. The minimum atomic E-state index is -0.482. The van der Waals surface area contributed by atoms with E-state index in [1.165, 1.54) is 23.4 Å². The maximum atomic E-state index is 12.8. The predicted octanol–water partition coefficient (Wildman–Crippen LogP) is 1.80. The van der Waals surface area contributed by atoms with Crippen molar-refractivity contribution in [2.45, 2.75) is 56.7 Å². The summed E-state index contributed by atoms with van der Waals surface area (Å²) < 4.78 is 7.51. The number of thioether (sulfide) groups is 1. The van der Waals surface area contributed by atoms with Crippen molar-refractivity contribution < 1.29 is 9.53 Å². The molecule has 0 aliphatic rings. The highest BCUT2D eigenvalue weighted by molar-refractivity contribution is 8.00. The van der Waals surface area contributed by atoms with Gasteiger partial charge in [0.15, 0.2) is 5.65 Å². The van der Waals surface area contributed by atoms with Crippen LogP contribution in [0.1, 0.15) is 45.9 Å². The number of hydrogen-bond donors (Lipinski definition) is 0. The SMILES string of the molecule is CCCCc1nc(S[C@H](CC)C(=O)OCC)c2c(=O)n(C)c(=O)n(C)c2n1. The molecule has 0 saturated heterocycles. The summed E-state index contributed by atoms with van der Waals surface area (Å²) in [6.07, 6.45) is 3.04. The fraction of sp³-hybridized carbons (Fsp3) is 0.611. The van der Waals surface area contributed by atoms with E-state index in [2.05, 4.69) is 16.9 Å². The first-order valence-electron chi connectivity index (χ1n) is 9.15. The number of aryl methyl sites for hydroxylation is 2. The Bertz CT molecular complexity index is 951. The number of nitrogens with zero attached hydrogens (tertiary/aromatic N) is 4. The van der Waals surface area contributed by atoms with Gasteiger partial charge < -0.3 is 4.74 Å². The van der Waals surface area contributed by atoms with Crippen molar-refractivity contribution in [1.82, 2.24) is 19.1 Å². The first kappa shape index (κ1) is 21.1. The Morgan fingerprint density at radius 1 is 1.15 bits per heavy atom. The van der Waals surface area contributed by atoms with Crippen LogP contribution in [0, 0.1) is 0 Å². The number of carbonyl (C=O) groups is 1. The molecule has 2 aromatic heterocycles. The first-order chi connectivity index (χ1) is 12.8. The number of rotatable bonds is 8. The van der Waals surface area contributed by atoms with Crippen molar-refractivity contribution in [3.05, 3.63) is 26.7 Å². The van der Waals surface area contributed by atoms with E-state index in [1.54, 1.807) is 14.0 Å². The predicted molar refractivity (Wildman–Crippen MR) is 105 cm³/mol. The maximum absolute atomic E-state index is 12.8. The molecule has 0 spiro atoms. The van der Waals surface area contributed by atoms with Crippen LogP contribution in [0.4, 0.5) is 0 Å². The minimum Gasteiger partial charge on any atom is -0.465 e. The molecule has 0 aliphatic carbocycles. The zero-order valence-electron chi connectivity index (χ0n) is 16.4. The third-order valence-electron chi connectivity index (χ3n) is 4.24. The van der Waals surface area contributed by atoms with Gasteiger partial charge in [0.05, 0.1) is 6.61 Å². The summed E-state index contributed by atoms with van der Waals surface area (Å²) in [7, 11) is 3.00. The van der Waals surface area contributed by atoms with Crippen LogP contribution in [0.25, 0.3) is 11.0 Å². The Morgan fingerprint density at radius 3 is 2.44 bits per heavy atom. The lowest BCUT2D eigenvalue weighted by atomic mass is 10.2. The summed E-state index contributed by atoms with van der Waals surface area (Å²) in [5.41, 5.74) is -0.609. The van der Waals surface area contributed by atoms with Crippen LogP contribution in [0.5, 0.6) is 0 Å². The first-order valence-corrected chi connectivity index (χ1v) is 10.0. The number of ether oxygens (including phenoxy) is 1. The lowest BCUT2D eigenvalue weighted by Gasteiger charge is -2.15. The minimum absolute atomic E-state index is 0.257. The fourth-order valence-corrected chi connectivity index (χ4v) is 3.73. The topological polar surface area (TPSA) is 96.1 Å². The van der Waals surface area contributed by atoms with Gasteiger partial charge in [0.25, 0.3) is 5.56 Å². The molecule has 0 saturated carbocycles. The Balaban J connectivity index is 2.69. The number of fused-ring (bicyclic) bond motifs is 1. The van der Waals surface area contributed by atoms with E-state index in [0.717, 1.165) is 17.4 Å². The lowest BCUT2D eigenvalue weighted by molar-refractivity contribution is -0.142. The smallest absolute Gasteiger partial charge is 0.332 e. The molecule has 0 radical (unpaired) electrons. The van der Waals surface area contributed by atoms with Gasteiger partial charge in [0.2, 0.25) is 0 Å². The monoisotopic (exact) mass is 394 g/mol. The molecule has 0 aliphatic heterocycles. The van der Waals surface area contributed by atoms with Crippen molar-refractivity contribution >= 4 is 28.8 Å². The summed E-state index contributed by atoms with van der Waals surface area (Å²) in [5.74, 6) is 0.224. The zero-order valence-corrected chi connectivity index (χ0v) is 17.3. The molecule has 148 valence electrons. The van der Waals surface area contributed by atoms with Crippen molar-refractivity contribution in [3.63, 3.8) is 0 Å². The second kappa shape index (κ2) is 9.16. The summed E-state index contributed by atoms with van der Waals surface area (Å²) >= 11 is 1.20. The van der Waals surface area contributed by atoms with Crippen LogP contribution in [0.2, 0.25) is 0 Å². The average molecular weight is 394 g/mol. The van der Waals surface area contributed by atoms with Crippen LogP contribution in [-0.4, -0.2) is 36.9 Å². The molecular weight excluding hydrogens is 368 g/mol. The number of esters is 1. The summed E-state index contributed by atoms with van der Waals surface area (Å²) in [6, 6.07) is 0. The van der Waals surface area contributed by atoms with E-state index in [0.29, 0.717) is 35.9 Å². The zero-order chi connectivity index (χ0) is 20.1. The lowest BCUT2D eigenvalue weighted by Crippen LogP contribution is -2.38. The van der Waals surface area contributed by atoms with Gasteiger partial charge in [-0.05, 0) is 19.8 Å². The molecule has 0 fully saturated rings. The summed E-state index contributed by atoms with van der Waals surface area (Å²) in [5, 5.41) is 0.193. The molecule has 2 rings (SSSR count). The highest BCUT2D eigenvalue weighted by atomic mass is 32.2. The van der Waals surface area contributed by atoms with Gasteiger partial charge in [-0.2, -0.15) is 0 Å². The molecule has 0 aromatic carbocycles. The second-order valence-corrected chi connectivity index (χ2v) is 7.41. The summed E-state index contributed by atoms with van der Waals surface area (Å²) in [4.78, 5) is 46.3. The Labute approximate surface area is 162 Å². The molecule has 0 unspecified atom stereocenters. The Morgan fingerprint density at radius 2 is 1.85 bits per heavy atom. The van der Waals surface area contributed by atoms with Crippen molar-refractivity contribution in [2.75, 3.05) is 6.61 Å². The van der Waals surface area contributed by atoms with Crippen molar-refractivity contribution in [2.24, 2.45) is 14.1 Å². The van der Waals surface area contributed by atoms with Gasteiger partial charge in [-0.3, -0.25) is 18.7 Å². The van der Waals surface area contributed by atoms with E-state index in [4.69, 9.17) is 4.74 Å². The van der Waals surface area contributed by atoms with E-state index >= 15 is 0 Å². The third-order valence-corrected chi connectivity index (χ3v) is 5.57. The summed E-state index contributed by atoms with van der Waals surface area (Å²) in [6.45, 7) is 5.99. The van der Waals surface area contributed by atoms with Gasteiger partial charge in [0, 0.05) is 20.5 Å². The molecule has 27 heavy (non-hydrogen) atoms. The quantitative estimate of drug-likeness (QED) is 0.383. The molecule has 0 amide bonds. The molecule has 8 nitrogen and oxygen atoms in total. The normalized spacial score (nSPS) is 12.3. The molecule has 0 N–H and O–H groups in total. The van der Waals surface area contributed by atoms with Crippen LogP contribution in [0.15, 0.2) is 14.6 Å². The van der Waals surface area contributed by atoms with Gasteiger partial charge in [-0.1, -0.05) is 32.0 Å². The van der Waals surface area contributed by atoms with Gasteiger partial charge in [-0.15, -0.1) is 0 Å². The fourth-order valence-electron chi connectivity index (χ4n) is 2.67. The van der Waals surface area contributed by atoms with E-state index < -0.39 is 16.5 Å². The van der Waals surface area contributed by atoms with Crippen molar-refractivity contribution in [3.8, 4) is 0 Å². The van der Waals surface area contributed by atoms with Crippen LogP contribution in [0.3, 0.4) is 0 Å². The third kappa shape index (κ3) is 4.40. The maximum Gasteiger partial charge on any atom is 0.332 e. The molecular formula is C18H26N4O4S. The molecule has 9 heteroatoms. The van der Waals surface area contributed by atoms with E-state index in [9.17, 15) is 14.4 Å². The standard InChI is InChI=1S/C18H26N4O4S/c1-6-9-10-12-19-14-13(16(23)22(5)18(25)21(14)4)15(20-12)27-11(7-2)17(24)26-8-3/h11H,6-10H2,1-5H3/t11-/m1/s1. The van der Waals surface area contributed by atoms with Gasteiger partial charge >= 0.3 is 11.7 Å². The Kier molecular flexibility index (Phi) is 7.18. The van der Waals surface area contributed by atoms with E-state index in [-0.39, 0.29) is 11.4 Å².